The first-order chi connectivity index (χ1) is 11.9. The molecule has 0 saturated heterocycles. The molecule has 0 aromatic heterocycles. The van der Waals surface area contributed by atoms with Gasteiger partial charge in [0, 0.05) is 11.1 Å². The molecule has 0 atom stereocenters. The van der Waals surface area contributed by atoms with E-state index in [0.29, 0.717) is 29.1 Å². The SMILES string of the molecule is C=C1Oc2cc(CCCCC)c(C(=O)O)c(O)c2-c2cc(C)ccc21. The highest BCUT2D eigenvalue weighted by Gasteiger charge is 2.29. The van der Waals surface area contributed by atoms with Crippen LogP contribution in [-0.4, -0.2) is 16.2 Å². The van der Waals surface area contributed by atoms with Gasteiger partial charge in [0.05, 0.1) is 5.56 Å². The fourth-order valence-corrected chi connectivity index (χ4v) is 3.33. The lowest BCUT2D eigenvalue weighted by molar-refractivity contribution is 0.0692. The first kappa shape index (κ1) is 17.1. The van der Waals surface area contributed by atoms with Crippen LogP contribution in [0, 0.1) is 6.92 Å². The van der Waals surface area contributed by atoms with Gasteiger partial charge in [0.25, 0.3) is 0 Å². The Morgan fingerprint density at radius 1 is 1.20 bits per heavy atom. The van der Waals surface area contributed by atoms with Gasteiger partial charge in [-0.1, -0.05) is 50.1 Å². The number of hydrogen-bond donors (Lipinski definition) is 2. The molecular formula is C21H22O4. The molecule has 0 saturated carbocycles. The van der Waals surface area contributed by atoms with Crippen LogP contribution in [0.1, 0.15) is 53.2 Å². The van der Waals surface area contributed by atoms with E-state index in [1.807, 2.05) is 25.1 Å². The summed E-state index contributed by atoms with van der Waals surface area (Å²) in [4.78, 5) is 11.8. The maximum atomic E-state index is 11.8. The standard InChI is InChI=1S/C21H22O4/c1-4-5-6-7-14-11-17-19(20(22)18(14)21(23)24)16-10-12(2)8-9-15(16)13(3)25-17/h8-11,22H,3-7H2,1-2H3,(H,23,24). The molecule has 25 heavy (non-hydrogen) atoms. The molecule has 2 aromatic carbocycles. The first-order valence-electron chi connectivity index (χ1n) is 8.54. The fraction of sp³-hybridized carbons (Fsp3) is 0.286. The number of aryl methyl sites for hydroxylation is 2. The number of ether oxygens (including phenoxy) is 1. The van der Waals surface area contributed by atoms with Crippen LogP contribution in [-0.2, 0) is 6.42 Å². The minimum atomic E-state index is -1.12. The lowest BCUT2D eigenvalue weighted by atomic mass is 9.88. The van der Waals surface area contributed by atoms with Crippen molar-refractivity contribution in [2.75, 3.05) is 0 Å². The molecule has 2 N–H and O–H groups in total. The summed E-state index contributed by atoms with van der Waals surface area (Å²) in [5.41, 5.74) is 3.54. The number of hydrogen-bond acceptors (Lipinski definition) is 3. The molecule has 1 aliphatic rings. The van der Waals surface area contributed by atoms with Gasteiger partial charge in [-0.05, 0) is 31.4 Å². The Morgan fingerprint density at radius 3 is 2.64 bits per heavy atom. The van der Waals surface area contributed by atoms with Gasteiger partial charge in [-0.3, -0.25) is 0 Å². The highest BCUT2D eigenvalue weighted by Crippen LogP contribution is 2.49. The van der Waals surface area contributed by atoms with E-state index in [0.717, 1.165) is 36.0 Å². The average molecular weight is 338 g/mol. The predicted octanol–water partition coefficient (Wildman–Crippen LogP) is 5.16. The van der Waals surface area contributed by atoms with Gasteiger partial charge in [0.2, 0.25) is 0 Å². The zero-order valence-electron chi connectivity index (χ0n) is 14.6. The van der Waals surface area contributed by atoms with E-state index < -0.39 is 5.97 Å². The van der Waals surface area contributed by atoms with Gasteiger partial charge in [-0.15, -0.1) is 0 Å². The second kappa shape index (κ2) is 6.63. The van der Waals surface area contributed by atoms with Crippen LogP contribution in [0.2, 0.25) is 0 Å². The van der Waals surface area contributed by atoms with Crippen LogP contribution in [0.15, 0.2) is 30.8 Å². The van der Waals surface area contributed by atoms with Crippen molar-refractivity contribution < 1.29 is 19.7 Å². The normalized spacial score (nSPS) is 12.3. The number of benzene rings is 2. The summed E-state index contributed by atoms with van der Waals surface area (Å²) in [6.07, 6.45) is 3.50. The number of carbonyl (C=O) groups is 1. The van der Waals surface area contributed by atoms with Gasteiger partial charge in [-0.25, -0.2) is 4.79 Å². The molecule has 0 bridgehead atoms. The van der Waals surface area contributed by atoms with E-state index in [1.165, 1.54) is 0 Å². The summed E-state index contributed by atoms with van der Waals surface area (Å²) < 4.78 is 5.81. The molecule has 0 fully saturated rings. The molecular weight excluding hydrogens is 316 g/mol. The molecule has 0 amide bonds. The van der Waals surface area contributed by atoms with E-state index in [1.54, 1.807) is 6.07 Å². The van der Waals surface area contributed by atoms with Gasteiger partial charge < -0.3 is 14.9 Å². The fourth-order valence-electron chi connectivity index (χ4n) is 3.33. The minimum absolute atomic E-state index is 0.0292. The highest BCUT2D eigenvalue weighted by atomic mass is 16.5. The predicted molar refractivity (Wildman–Crippen MR) is 98.1 cm³/mol. The van der Waals surface area contributed by atoms with Gasteiger partial charge in [0.15, 0.2) is 0 Å². The number of fused-ring (bicyclic) bond motifs is 3. The van der Waals surface area contributed by atoms with Crippen molar-refractivity contribution in [1.82, 2.24) is 0 Å². The summed E-state index contributed by atoms with van der Waals surface area (Å²) >= 11 is 0. The van der Waals surface area contributed by atoms with E-state index in [9.17, 15) is 15.0 Å². The molecule has 4 nitrogen and oxygen atoms in total. The van der Waals surface area contributed by atoms with Crippen LogP contribution >= 0.6 is 0 Å². The Morgan fingerprint density at radius 2 is 1.96 bits per heavy atom. The van der Waals surface area contributed by atoms with Gasteiger partial charge in [0.1, 0.15) is 22.8 Å². The largest absolute Gasteiger partial charge is 0.506 e. The van der Waals surface area contributed by atoms with E-state index >= 15 is 0 Å². The maximum Gasteiger partial charge on any atom is 0.339 e. The van der Waals surface area contributed by atoms with Crippen LogP contribution in [0.5, 0.6) is 11.5 Å². The molecule has 3 rings (SSSR count). The lowest BCUT2D eigenvalue weighted by Gasteiger charge is -2.25. The van der Waals surface area contributed by atoms with Crippen molar-refractivity contribution in [2.45, 2.75) is 39.5 Å². The Labute approximate surface area is 147 Å². The average Bonchev–Trinajstić information content (AvgIpc) is 2.54. The van der Waals surface area contributed by atoms with Crippen LogP contribution in [0.25, 0.3) is 16.9 Å². The molecule has 130 valence electrons. The number of unbranched alkanes of at least 4 members (excludes halogenated alkanes) is 2. The summed E-state index contributed by atoms with van der Waals surface area (Å²) in [6, 6.07) is 7.48. The Hall–Kier alpha value is -2.75. The van der Waals surface area contributed by atoms with Crippen LogP contribution in [0.4, 0.5) is 0 Å². The zero-order valence-corrected chi connectivity index (χ0v) is 14.6. The quantitative estimate of drug-likeness (QED) is 0.739. The molecule has 2 aromatic rings. The van der Waals surface area contributed by atoms with E-state index in [2.05, 4.69) is 13.5 Å². The number of aromatic hydroxyl groups is 1. The van der Waals surface area contributed by atoms with Crippen molar-refractivity contribution in [1.29, 1.82) is 0 Å². The summed E-state index contributed by atoms with van der Waals surface area (Å²) in [5.74, 6) is -0.372. The molecule has 1 heterocycles. The lowest BCUT2D eigenvalue weighted by Crippen LogP contribution is -2.10. The third-order valence-electron chi connectivity index (χ3n) is 4.59. The Balaban J connectivity index is 2.22. The number of rotatable bonds is 5. The Kier molecular flexibility index (Phi) is 4.53. The molecule has 4 heteroatoms. The van der Waals surface area contributed by atoms with Crippen molar-refractivity contribution in [3.05, 3.63) is 53.1 Å². The highest BCUT2D eigenvalue weighted by molar-refractivity contribution is 6.00. The monoisotopic (exact) mass is 338 g/mol. The van der Waals surface area contributed by atoms with Crippen molar-refractivity contribution in [3.63, 3.8) is 0 Å². The minimum Gasteiger partial charge on any atom is -0.506 e. The van der Waals surface area contributed by atoms with E-state index in [-0.39, 0.29) is 11.3 Å². The van der Waals surface area contributed by atoms with Crippen molar-refractivity contribution in [3.8, 4) is 22.6 Å². The summed E-state index contributed by atoms with van der Waals surface area (Å²) in [5, 5.41) is 20.4. The maximum absolute atomic E-state index is 11.8. The number of carboxylic acids is 1. The van der Waals surface area contributed by atoms with Gasteiger partial charge in [-0.2, -0.15) is 0 Å². The van der Waals surface area contributed by atoms with Crippen LogP contribution < -0.4 is 4.74 Å². The molecule has 0 radical (unpaired) electrons. The smallest absolute Gasteiger partial charge is 0.339 e. The molecule has 0 aliphatic carbocycles. The Bertz CT molecular complexity index is 865. The topological polar surface area (TPSA) is 66.8 Å². The summed E-state index contributed by atoms with van der Waals surface area (Å²) in [7, 11) is 0. The second-order valence-corrected chi connectivity index (χ2v) is 6.47. The summed E-state index contributed by atoms with van der Waals surface area (Å²) in [6.45, 7) is 8.00. The third-order valence-corrected chi connectivity index (χ3v) is 4.59. The molecule has 0 spiro atoms. The van der Waals surface area contributed by atoms with Crippen LogP contribution in [0.3, 0.4) is 0 Å². The van der Waals surface area contributed by atoms with Crippen molar-refractivity contribution >= 4 is 11.7 Å². The third kappa shape index (κ3) is 3.00. The zero-order chi connectivity index (χ0) is 18.1. The van der Waals surface area contributed by atoms with Gasteiger partial charge >= 0.3 is 5.97 Å². The molecule has 0 unspecified atom stereocenters. The van der Waals surface area contributed by atoms with E-state index in [4.69, 9.17) is 4.74 Å². The molecule has 1 aliphatic heterocycles. The number of aromatic carboxylic acids is 1. The second-order valence-electron chi connectivity index (χ2n) is 6.47. The van der Waals surface area contributed by atoms with Crippen molar-refractivity contribution in [2.24, 2.45) is 0 Å². The first-order valence-corrected chi connectivity index (χ1v) is 8.54. The number of phenols is 1. The number of carboxylic acid groups (broad SMARTS) is 1.